The molecule has 1 unspecified atom stereocenters. The standard InChI is InChI=1S/C23H19N5O.C18H21N5O/c1-28-11-10-25-22(28)15-12-16(14-24-13-15)26-23(29)27-21-19-8-4-2-6-17(19)18-7-3-5-9-20(18)21;1-5-13(3)16(14(4)6-2)22-18(24)21-15-9-7-10-19-17(15)23-12-8-11-20-23/h2-14,21H,1H3,(H2,26,27,29);5-12,16H,1,3H2,2,4H3,(H2,21,22,24)/b;14-6+. The average Bonchev–Trinajstić information content (AvgIpc) is 3.94. The molecule has 4 amide bonds. The normalized spacial score (nSPS) is 12.3. The minimum Gasteiger partial charge on any atom is -0.334 e. The molecule has 0 bridgehead atoms. The smallest absolute Gasteiger partial charge is 0.320 e. The van der Waals surface area contributed by atoms with Gasteiger partial charge in [0.05, 0.1) is 29.7 Å². The number of rotatable bonds is 9. The van der Waals surface area contributed by atoms with Gasteiger partial charge in [0.25, 0.3) is 0 Å². The van der Waals surface area contributed by atoms with Crippen molar-refractivity contribution in [3.8, 4) is 28.3 Å². The van der Waals surface area contributed by atoms with Crippen LogP contribution in [-0.4, -0.2) is 47.4 Å². The van der Waals surface area contributed by atoms with Crippen molar-refractivity contribution in [2.75, 3.05) is 10.6 Å². The fourth-order valence-corrected chi connectivity index (χ4v) is 6.03. The summed E-state index contributed by atoms with van der Waals surface area (Å²) in [5.74, 6) is 1.33. The van der Waals surface area contributed by atoms with Gasteiger partial charge in [-0.15, -0.1) is 0 Å². The highest BCUT2D eigenvalue weighted by Gasteiger charge is 2.29. The molecule has 2 aromatic carbocycles. The molecule has 7 rings (SSSR count). The van der Waals surface area contributed by atoms with Crippen LogP contribution in [0.15, 0.2) is 153 Å². The first kappa shape index (κ1) is 35.7. The first-order valence-electron chi connectivity index (χ1n) is 16.9. The molecule has 0 aliphatic heterocycles. The predicted octanol–water partition coefficient (Wildman–Crippen LogP) is 7.84. The number of imidazole rings is 1. The van der Waals surface area contributed by atoms with Crippen LogP contribution in [0.25, 0.3) is 28.3 Å². The SMILES string of the molecule is C=CC(=C)C(NC(=O)Nc1cccnc1-n1cccn1)/C(C)=C/C.Cn1ccnc1-c1cncc(NC(=O)NC2c3ccccc3-c3ccccc32)c1. The summed E-state index contributed by atoms with van der Waals surface area (Å²) in [6.07, 6.45) is 15.6. The Hall–Kier alpha value is -7.08. The Morgan fingerprint density at radius 3 is 2.25 bits per heavy atom. The quantitative estimate of drug-likeness (QED) is 0.0892. The van der Waals surface area contributed by atoms with Crippen LogP contribution in [0.4, 0.5) is 21.0 Å². The van der Waals surface area contributed by atoms with Gasteiger partial charge in [-0.2, -0.15) is 5.10 Å². The lowest BCUT2D eigenvalue weighted by molar-refractivity contribution is 0.249. The van der Waals surface area contributed by atoms with Crippen molar-refractivity contribution in [3.05, 3.63) is 164 Å². The zero-order valence-corrected chi connectivity index (χ0v) is 29.7. The Balaban J connectivity index is 0.000000185. The highest BCUT2D eigenvalue weighted by molar-refractivity contribution is 5.92. The van der Waals surface area contributed by atoms with Crippen molar-refractivity contribution in [2.45, 2.75) is 25.9 Å². The molecule has 0 radical (unpaired) electrons. The third-order valence-electron chi connectivity index (χ3n) is 8.76. The number of hydrogen-bond acceptors (Lipinski definition) is 6. The Kier molecular flexibility index (Phi) is 11.0. The number of fused-ring (bicyclic) bond motifs is 3. The molecule has 1 atom stereocenters. The highest BCUT2D eigenvalue weighted by atomic mass is 16.2. The van der Waals surface area contributed by atoms with Crippen LogP contribution in [0, 0.1) is 0 Å². The lowest BCUT2D eigenvalue weighted by atomic mass is 10.0. The number of carbonyl (C=O) groups is 2. The van der Waals surface area contributed by atoms with Crippen LogP contribution >= 0.6 is 0 Å². The average molecular weight is 705 g/mol. The summed E-state index contributed by atoms with van der Waals surface area (Å²) in [6, 6.07) is 22.4. The molecule has 0 saturated heterocycles. The van der Waals surface area contributed by atoms with E-state index in [1.165, 1.54) is 0 Å². The molecular weight excluding hydrogens is 665 g/mol. The van der Waals surface area contributed by atoms with Gasteiger partial charge in [0.2, 0.25) is 0 Å². The zero-order chi connectivity index (χ0) is 37.3. The Morgan fingerprint density at radius 2 is 1.60 bits per heavy atom. The van der Waals surface area contributed by atoms with Gasteiger partial charge < -0.3 is 25.8 Å². The van der Waals surface area contributed by atoms with Crippen LogP contribution in [0.2, 0.25) is 0 Å². The number of nitrogens with zero attached hydrogens (tertiary/aromatic N) is 6. The van der Waals surface area contributed by atoms with E-state index in [9.17, 15) is 9.59 Å². The second kappa shape index (κ2) is 16.3. The first-order chi connectivity index (χ1) is 25.8. The molecule has 53 heavy (non-hydrogen) atoms. The molecule has 4 aromatic heterocycles. The third-order valence-corrected chi connectivity index (χ3v) is 8.76. The largest absolute Gasteiger partial charge is 0.334 e. The number of allylic oxidation sites excluding steroid dienone is 1. The van der Waals surface area contributed by atoms with E-state index in [0.29, 0.717) is 17.2 Å². The molecule has 0 fully saturated rings. The molecule has 6 aromatic rings. The van der Waals surface area contributed by atoms with Crippen molar-refractivity contribution in [3.63, 3.8) is 0 Å². The summed E-state index contributed by atoms with van der Waals surface area (Å²) in [4.78, 5) is 38.0. The molecule has 0 saturated carbocycles. The topological polar surface area (TPSA) is 144 Å². The van der Waals surface area contributed by atoms with Crippen LogP contribution in [0.5, 0.6) is 0 Å². The number of hydrogen-bond donors (Lipinski definition) is 4. The number of aryl methyl sites for hydroxylation is 1. The monoisotopic (exact) mass is 704 g/mol. The Labute approximate surface area is 308 Å². The second-order valence-corrected chi connectivity index (χ2v) is 12.2. The summed E-state index contributed by atoms with van der Waals surface area (Å²) in [6.45, 7) is 11.5. The van der Waals surface area contributed by atoms with Gasteiger partial charge in [-0.1, -0.05) is 79.4 Å². The van der Waals surface area contributed by atoms with E-state index in [-0.39, 0.29) is 24.1 Å². The number of amides is 4. The molecule has 1 aliphatic carbocycles. The minimum absolute atomic E-state index is 0.187. The predicted molar refractivity (Wildman–Crippen MR) is 208 cm³/mol. The molecule has 12 heteroatoms. The van der Waals surface area contributed by atoms with E-state index < -0.39 is 0 Å². The van der Waals surface area contributed by atoms with Crippen molar-refractivity contribution in [1.82, 2.24) is 39.9 Å². The maximum Gasteiger partial charge on any atom is 0.320 e. The molecule has 1 aliphatic rings. The Morgan fingerprint density at radius 1 is 0.868 bits per heavy atom. The number of anilines is 2. The number of aromatic nitrogens is 6. The molecule has 4 heterocycles. The van der Waals surface area contributed by atoms with Gasteiger partial charge in [-0.05, 0) is 65.9 Å². The molecule has 0 spiro atoms. The van der Waals surface area contributed by atoms with Gasteiger partial charge in [0.15, 0.2) is 5.82 Å². The first-order valence-corrected chi connectivity index (χ1v) is 16.9. The number of nitrogens with one attached hydrogen (secondary N) is 4. The van der Waals surface area contributed by atoms with E-state index in [1.54, 1.807) is 66.1 Å². The number of carbonyl (C=O) groups excluding carboxylic acids is 2. The lowest BCUT2D eigenvalue weighted by Crippen LogP contribution is -2.39. The van der Waals surface area contributed by atoms with Crippen LogP contribution in [0.3, 0.4) is 0 Å². The van der Waals surface area contributed by atoms with Gasteiger partial charge in [-0.3, -0.25) is 4.98 Å². The third kappa shape index (κ3) is 8.12. The molecular formula is C41H40N10O2. The molecule has 266 valence electrons. The molecule has 12 nitrogen and oxygen atoms in total. The van der Waals surface area contributed by atoms with Crippen molar-refractivity contribution >= 4 is 23.4 Å². The zero-order valence-electron chi connectivity index (χ0n) is 29.7. The van der Waals surface area contributed by atoms with Gasteiger partial charge in [-0.25, -0.2) is 24.2 Å². The summed E-state index contributed by atoms with van der Waals surface area (Å²) >= 11 is 0. The van der Waals surface area contributed by atoms with Crippen molar-refractivity contribution < 1.29 is 9.59 Å². The van der Waals surface area contributed by atoms with E-state index in [2.05, 4.69) is 78.7 Å². The summed E-state index contributed by atoms with van der Waals surface area (Å²) in [7, 11) is 1.92. The summed E-state index contributed by atoms with van der Waals surface area (Å²) in [5, 5.41) is 15.9. The van der Waals surface area contributed by atoms with E-state index in [0.717, 1.165) is 44.8 Å². The summed E-state index contributed by atoms with van der Waals surface area (Å²) < 4.78 is 3.50. The second-order valence-electron chi connectivity index (χ2n) is 12.2. The van der Waals surface area contributed by atoms with Crippen molar-refractivity contribution in [2.24, 2.45) is 7.05 Å². The Bertz CT molecular complexity index is 2240. The summed E-state index contributed by atoms with van der Waals surface area (Å²) in [5.41, 5.74) is 8.23. The number of urea groups is 2. The fourth-order valence-electron chi connectivity index (χ4n) is 6.03. The van der Waals surface area contributed by atoms with Gasteiger partial charge in [0.1, 0.15) is 5.82 Å². The maximum atomic E-state index is 12.8. The minimum atomic E-state index is -0.356. The van der Waals surface area contributed by atoms with Gasteiger partial charge in [0, 0.05) is 49.8 Å². The number of pyridine rings is 2. The van der Waals surface area contributed by atoms with E-state index in [1.807, 2.05) is 68.1 Å². The van der Waals surface area contributed by atoms with Crippen LogP contribution in [-0.2, 0) is 7.05 Å². The fraction of sp³-hybridized carbons (Fsp3) is 0.122. The van der Waals surface area contributed by atoms with Gasteiger partial charge >= 0.3 is 12.1 Å². The molecule has 4 N–H and O–H groups in total. The van der Waals surface area contributed by atoms with Crippen LogP contribution in [0.1, 0.15) is 31.0 Å². The number of benzene rings is 2. The lowest BCUT2D eigenvalue weighted by Gasteiger charge is -2.21. The van der Waals surface area contributed by atoms with Crippen LogP contribution < -0.4 is 21.3 Å². The van der Waals surface area contributed by atoms with Crippen molar-refractivity contribution in [1.29, 1.82) is 0 Å². The van der Waals surface area contributed by atoms with E-state index >= 15 is 0 Å². The maximum absolute atomic E-state index is 12.8. The van der Waals surface area contributed by atoms with E-state index in [4.69, 9.17) is 0 Å². The highest BCUT2D eigenvalue weighted by Crippen LogP contribution is 2.43.